The van der Waals surface area contributed by atoms with Crippen molar-refractivity contribution in [3.8, 4) is 0 Å². The van der Waals surface area contributed by atoms with E-state index in [9.17, 15) is 14.7 Å². The molecule has 0 radical (unpaired) electrons. The Kier molecular flexibility index (Phi) is 12.5. The van der Waals surface area contributed by atoms with E-state index < -0.39 is 51.1 Å². The third-order valence-electron chi connectivity index (χ3n) is 11.4. The minimum atomic E-state index is -2.84. The van der Waals surface area contributed by atoms with Crippen LogP contribution in [0.2, 0.25) is 5.04 Å². The molecule has 0 unspecified atom stereocenters. The average Bonchev–Trinajstić information content (AvgIpc) is 3.98. The first-order chi connectivity index (χ1) is 28.7. The number of hydrogen-bond acceptors (Lipinski definition) is 12. The summed E-state index contributed by atoms with van der Waals surface area (Å²) in [5.41, 5.74) is -1.36. The Bertz CT molecular complexity index is 2140. The van der Waals surface area contributed by atoms with Crippen molar-refractivity contribution in [1.29, 1.82) is 0 Å². The zero-order chi connectivity index (χ0) is 44.2. The van der Waals surface area contributed by atoms with Crippen molar-refractivity contribution >= 4 is 112 Å². The highest BCUT2D eigenvalue weighted by molar-refractivity contribution is 6.99. The van der Waals surface area contributed by atoms with E-state index in [2.05, 4.69) is 125 Å². The van der Waals surface area contributed by atoms with Crippen molar-refractivity contribution in [2.45, 2.75) is 68.9 Å². The molecule has 6 aliphatic rings. The summed E-state index contributed by atoms with van der Waals surface area (Å²) in [5, 5.41) is 30.3. The van der Waals surface area contributed by atoms with E-state index in [0.29, 0.717) is 30.7 Å². The maximum absolute atomic E-state index is 12.7. The van der Waals surface area contributed by atoms with E-state index in [1.165, 1.54) is 10.4 Å². The van der Waals surface area contributed by atoms with Gasteiger partial charge in [-0.15, -0.1) is 0 Å². The van der Waals surface area contributed by atoms with Gasteiger partial charge in [-0.05, 0) is 27.6 Å². The van der Waals surface area contributed by atoms with Crippen molar-refractivity contribution < 1.29 is 19.1 Å². The number of alkyl halides is 6. The molecule has 0 aliphatic carbocycles. The summed E-state index contributed by atoms with van der Waals surface area (Å²) in [4.78, 5) is 37.7. The molecule has 21 heteroatoms. The Hall–Kier alpha value is -3.64. The average molecular weight is 972 g/mol. The van der Waals surface area contributed by atoms with Crippen LogP contribution in [0.15, 0.2) is 120 Å². The topological polar surface area (TPSA) is 167 Å². The molecule has 6 atom stereocenters. The molecule has 14 nitrogen and oxygen atoms in total. The monoisotopic (exact) mass is 968 g/mol. The molecule has 0 aromatic heterocycles. The van der Waals surface area contributed by atoms with Gasteiger partial charge in [0.15, 0.2) is 11.3 Å². The highest BCUT2D eigenvalue weighted by Gasteiger charge is 2.59. The van der Waals surface area contributed by atoms with E-state index in [1.807, 2.05) is 40.2 Å². The summed E-state index contributed by atoms with van der Waals surface area (Å²) in [5.74, 6) is 0.245. The molecule has 2 saturated heterocycles. The van der Waals surface area contributed by atoms with Crippen molar-refractivity contribution in [1.82, 2.24) is 41.7 Å². The van der Waals surface area contributed by atoms with Crippen LogP contribution in [0.1, 0.15) is 20.8 Å². The number of amides is 2. The van der Waals surface area contributed by atoms with Crippen LogP contribution in [0.5, 0.6) is 0 Å². The number of aliphatic hydroxyl groups excluding tert-OH is 1. The summed E-state index contributed by atoms with van der Waals surface area (Å²) < 4.78 is 2.98. The fraction of sp³-hybridized carbons (Fsp3) is 0.400. The smallest absolute Gasteiger partial charge is 0.278 e. The van der Waals surface area contributed by atoms with Gasteiger partial charge in [-0.1, -0.05) is 176 Å². The third-order valence-corrected chi connectivity index (χ3v) is 17.5. The van der Waals surface area contributed by atoms with Gasteiger partial charge in [0.25, 0.3) is 27.7 Å². The van der Waals surface area contributed by atoms with Crippen LogP contribution in [0, 0.1) is 0 Å². The summed E-state index contributed by atoms with van der Waals surface area (Å²) in [6.07, 6.45) is 7.95. The van der Waals surface area contributed by atoms with Crippen molar-refractivity contribution in [2.24, 2.45) is 9.98 Å². The molecular weight excluding hydrogens is 925 g/mol. The maximum atomic E-state index is 12.7. The summed E-state index contributed by atoms with van der Waals surface area (Å²) in [7, 11) is -2.84. The van der Waals surface area contributed by atoms with E-state index in [-0.39, 0.29) is 36.3 Å². The highest BCUT2D eigenvalue weighted by Crippen LogP contribution is 2.40. The molecule has 2 amide bonds. The molecule has 7 N–H and O–H groups in total. The lowest BCUT2D eigenvalue weighted by molar-refractivity contribution is -0.119. The molecule has 326 valence electrons. The summed E-state index contributed by atoms with van der Waals surface area (Å²) in [6, 6.07) is 19.6. The molecule has 0 saturated carbocycles. The highest BCUT2D eigenvalue weighted by atomic mass is 35.6. The largest absolute Gasteiger partial charge is 0.405 e. The van der Waals surface area contributed by atoms with E-state index in [4.69, 9.17) is 79.0 Å². The van der Waals surface area contributed by atoms with Crippen molar-refractivity contribution in [2.75, 3.05) is 26.3 Å². The third kappa shape index (κ3) is 8.33. The second-order valence-electron chi connectivity index (χ2n) is 16.2. The predicted octanol–water partition coefficient (Wildman–Crippen LogP) is 3.19. The van der Waals surface area contributed by atoms with Crippen LogP contribution >= 0.6 is 69.6 Å². The molecule has 6 aliphatic heterocycles. The molecule has 6 heterocycles. The van der Waals surface area contributed by atoms with E-state index >= 15 is 0 Å². The van der Waals surface area contributed by atoms with E-state index in [0.717, 1.165) is 0 Å². The van der Waals surface area contributed by atoms with E-state index in [1.54, 1.807) is 0 Å². The molecule has 61 heavy (non-hydrogen) atoms. The van der Waals surface area contributed by atoms with Gasteiger partial charge in [-0.3, -0.25) is 20.2 Å². The number of guanidine groups is 2. The molecular formula is C40H46Cl6N10O4Si. The fourth-order valence-corrected chi connectivity index (χ4v) is 13.8. The van der Waals surface area contributed by atoms with Crippen LogP contribution in [0.4, 0.5) is 0 Å². The van der Waals surface area contributed by atoms with Crippen LogP contribution in [-0.4, -0.2) is 116 Å². The Morgan fingerprint density at radius 1 is 0.770 bits per heavy atom. The Morgan fingerprint density at radius 2 is 1.18 bits per heavy atom. The second-order valence-corrected chi connectivity index (χ2v) is 25.1. The number of aliphatic imine (C=N–C) groups is 2. The minimum Gasteiger partial charge on any atom is -0.405 e. The lowest BCUT2D eigenvalue weighted by atomic mass is 9.93. The summed E-state index contributed by atoms with van der Waals surface area (Å²) >= 11 is 34.4. The fourth-order valence-electron chi connectivity index (χ4n) is 8.93. The first-order valence-electron chi connectivity index (χ1n) is 19.3. The van der Waals surface area contributed by atoms with Gasteiger partial charge in [-0.2, -0.15) is 0 Å². The van der Waals surface area contributed by atoms with Gasteiger partial charge in [-0.25, -0.2) is 9.98 Å². The number of aliphatic hydroxyl groups is 1. The lowest BCUT2D eigenvalue weighted by Crippen LogP contribution is -2.71. The van der Waals surface area contributed by atoms with Crippen LogP contribution < -0.4 is 42.3 Å². The predicted molar refractivity (Wildman–Crippen MR) is 246 cm³/mol. The molecule has 2 aromatic carbocycles. The minimum absolute atomic E-state index is 0.205. The number of carbonyl (C=O) groups excluding carboxylic acids is 2. The van der Waals surface area contributed by atoms with Gasteiger partial charge >= 0.3 is 0 Å². The summed E-state index contributed by atoms with van der Waals surface area (Å²) in [6.45, 7) is 15.8. The van der Waals surface area contributed by atoms with Crippen molar-refractivity contribution in [3.05, 3.63) is 110 Å². The number of nitrogens with zero attached hydrogens (tertiary/aromatic N) is 4. The number of carbonyl (C=O) groups is 2. The van der Waals surface area contributed by atoms with Gasteiger partial charge in [0, 0.05) is 13.1 Å². The van der Waals surface area contributed by atoms with Crippen LogP contribution in [0.3, 0.4) is 0 Å². The second kappa shape index (κ2) is 16.8. The number of benzene rings is 2. The van der Waals surface area contributed by atoms with Crippen LogP contribution in [-0.2, 0) is 14.0 Å². The number of nitrogens with one attached hydrogen (secondary N) is 6. The number of rotatable bonds is 6. The molecule has 8 rings (SSSR count). The molecule has 2 fully saturated rings. The Morgan fingerprint density at radius 3 is 1.57 bits per heavy atom. The van der Waals surface area contributed by atoms with Gasteiger partial charge < -0.3 is 40.6 Å². The SMILES string of the molecule is C=C1N[C@H]2[C@H](CO)N=C(NC(=O)C(Cl)(Cl)Cl)N3CC=C[C@]23N1.C=C1N[C@H]2[C@H](CO[Si](c3ccccc3)(c3ccccc3)C(C)(C)C)N=C(NC(=O)C(Cl)(Cl)Cl)N3CC=C[C@]23N1. The Balaban J connectivity index is 0.000000215. The van der Waals surface area contributed by atoms with Crippen LogP contribution in [0.25, 0.3) is 0 Å². The first kappa shape index (κ1) is 45.4. The standard InChI is InChI=1S/C28H32Cl3N5O2Si.C12H14Cl3N5O2/c1-19-32-23-22(33-25(34-24(37)28(29,30)31)36-17-11-16-27(23,36)35-19)18-38-39(26(2,3)4,20-12-7-5-8-13-20)21-14-9-6-10-15-21;1-6-16-8-7(5-21)17-10(18-9(22)12(13,14)15)20-4-2-3-11(8,20)19-6/h5-16,22-23,32,35H,1,17-18H2,2-4H3,(H,33,34,37);2-3,7-8,16,19,21H,1,4-5H2,(H,17,18,22)/t22-,23-,27+;7-,8-,11+/m00/s1. The zero-order valence-corrected chi connectivity index (χ0v) is 38.9. The quantitative estimate of drug-likeness (QED) is 0.130. The Labute approximate surface area is 385 Å². The molecule has 0 bridgehead atoms. The maximum Gasteiger partial charge on any atom is 0.278 e. The normalized spacial score (nSPS) is 27.4. The van der Waals surface area contributed by atoms with Gasteiger partial charge in [0.05, 0.1) is 36.9 Å². The van der Waals surface area contributed by atoms with Crippen molar-refractivity contribution in [3.63, 3.8) is 0 Å². The van der Waals surface area contributed by atoms with Gasteiger partial charge in [0.1, 0.15) is 12.1 Å². The zero-order valence-electron chi connectivity index (χ0n) is 33.4. The van der Waals surface area contributed by atoms with Gasteiger partial charge in [0.2, 0.25) is 11.9 Å². The molecule has 2 aromatic rings. The number of hydrogen-bond donors (Lipinski definition) is 7. The number of halogens is 6. The molecule has 2 spiro atoms. The first-order valence-corrected chi connectivity index (χ1v) is 23.5. The lowest BCUT2D eigenvalue weighted by Gasteiger charge is -2.48.